The molecule has 2 amide bonds. The van der Waals surface area contributed by atoms with Crippen LogP contribution >= 0.6 is 11.8 Å². The van der Waals surface area contributed by atoms with Crippen molar-refractivity contribution in [2.45, 2.75) is 31.3 Å². The lowest BCUT2D eigenvalue weighted by Crippen LogP contribution is -2.53. The van der Waals surface area contributed by atoms with Crippen molar-refractivity contribution in [1.82, 2.24) is 19.8 Å². The molecule has 2 bridgehead atoms. The third-order valence-corrected chi connectivity index (χ3v) is 7.15. The minimum Gasteiger partial charge on any atom is -0.357 e. The van der Waals surface area contributed by atoms with Gasteiger partial charge in [-0.05, 0) is 48.6 Å². The fourth-order valence-corrected chi connectivity index (χ4v) is 4.83. The topological polar surface area (TPSA) is 90.8 Å². The SMILES string of the molecule is CSc1ccc(C(=O)N2CCN3Cc4nc(c5ccccc5n4)N[C@@H](C(C)C)C(=O)N=C3C2)cc1. The number of nitrogens with one attached hydrogen (secondary N) is 1. The van der Waals surface area contributed by atoms with Crippen LogP contribution in [0.2, 0.25) is 0 Å². The van der Waals surface area contributed by atoms with Gasteiger partial charge in [0.25, 0.3) is 11.8 Å². The van der Waals surface area contributed by atoms with Crippen LogP contribution in [-0.2, 0) is 11.3 Å². The summed E-state index contributed by atoms with van der Waals surface area (Å²) in [6.07, 6.45) is 2.01. The van der Waals surface area contributed by atoms with Gasteiger partial charge in [0.05, 0.1) is 18.6 Å². The third kappa shape index (κ3) is 4.73. The maximum absolute atomic E-state index is 13.4. The molecule has 1 N–H and O–H groups in total. The van der Waals surface area contributed by atoms with Gasteiger partial charge < -0.3 is 15.1 Å². The zero-order valence-electron chi connectivity index (χ0n) is 20.1. The van der Waals surface area contributed by atoms with Gasteiger partial charge in [-0.1, -0.05) is 26.0 Å². The smallest absolute Gasteiger partial charge is 0.270 e. The molecule has 3 aromatic rings. The third-order valence-electron chi connectivity index (χ3n) is 6.41. The van der Waals surface area contributed by atoms with Gasteiger partial charge in [0.15, 0.2) is 5.82 Å². The number of hydrogen-bond donors (Lipinski definition) is 1. The molecular weight excluding hydrogens is 460 g/mol. The second-order valence-electron chi connectivity index (χ2n) is 9.11. The molecule has 1 atom stereocenters. The van der Waals surface area contributed by atoms with Crippen LogP contribution in [0.3, 0.4) is 0 Å². The molecule has 9 heteroatoms. The molecule has 2 aliphatic rings. The number of anilines is 1. The van der Waals surface area contributed by atoms with Crippen molar-refractivity contribution in [2.24, 2.45) is 10.9 Å². The number of benzene rings is 2. The summed E-state index contributed by atoms with van der Waals surface area (Å²) in [4.78, 5) is 45.5. The summed E-state index contributed by atoms with van der Waals surface area (Å²) in [6, 6.07) is 14.9. The average molecular weight is 489 g/mol. The normalized spacial score (nSPS) is 18.2. The highest BCUT2D eigenvalue weighted by molar-refractivity contribution is 7.98. The van der Waals surface area contributed by atoms with Gasteiger partial charge in [0.1, 0.15) is 17.7 Å². The Morgan fingerprint density at radius 2 is 1.83 bits per heavy atom. The number of para-hydroxylation sites is 1. The highest BCUT2D eigenvalue weighted by Gasteiger charge is 2.31. The molecule has 0 saturated carbocycles. The Labute approximate surface area is 208 Å². The van der Waals surface area contributed by atoms with Crippen LogP contribution in [-0.4, -0.2) is 69.3 Å². The standard InChI is InChI=1S/C26H28N6O2S/c1-16(2)23-25(33)29-22-15-32(26(34)17-8-10-18(35-3)11-9-17)13-12-31(22)14-21-27-20-7-5-4-6-19(20)24(28-21)30-23/h4-11,16,23H,12-15H2,1-3H3,(H,27,28,30)/t23-/m0/s1. The van der Waals surface area contributed by atoms with Gasteiger partial charge >= 0.3 is 0 Å². The second kappa shape index (κ2) is 9.65. The molecule has 180 valence electrons. The van der Waals surface area contributed by atoms with Crippen molar-refractivity contribution in [3.05, 3.63) is 59.9 Å². The number of nitrogens with zero attached hydrogens (tertiary/aromatic N) is 5. The number of amides is 2. The predicted molar refractivity (Wildman–Crippen MR) is 139 cm³/mol. The van der Waals surface area contributed by atoms with Crippen LogP contribution < -0.4 is 5.32 Å². The summed E-state index contributed by atoms with van der Waals surface area (Å²) in [7, 11) is 0. The molecule has 0 radical (unpaired) electrons. The van der Waals surface area contributed by atoms with Crippen molar-refractivity contribution < 1.29 is 9.59 Å². The van der Waals surface area contributed by atoms with E-state index in [-0.39, 0.29) is 24.3 Å². The van der Waals surface area contributed by atoms with E-state index < -0.39 is 6.04 Å². The molecule has 1 fully saturated rings. The summed E-state index contributed by atoms with van der Waals surface area (Å²) < 4.78 is 0. The van der Waals surface area contributed by atoms with Crippen LogP contribution in [0.5, 0.6) is 0 Å². The first-order valence-corrected chi connectivity index (χ1v) is 13.0. The van der Waals surface area contributed by atoms with E-state index in [1.54, 1.807) is 16.7 Å². The van der Waals surface area contributed by atoms with Crippen LogP contribution in [0.15, 0.2) is 58.4 Å². The summed E-state index contributed by atoms with van der Waals surface area (Å²) in [5.74, 6) is 1.55. The van der Waals surface area contributed by atoms with Gasteiger partial charge in [-0.3, -0.25) is 9.59 Å². The first-order chi connectivity index (χ1) is 16.9. The Balaban J connectivity index is 1.48. The molecule has 1 saturated heterocycles. The summed E-state index contributed by atoms with van der Waals surface area (Å²) >= 11 is 1.64. The van der Waals surface area contributed by atoms with Crippen LogP contribution in [0.25, 0.3) is 10.9 Å². The minimum absolute atomic E-state index is 0.00632. The molecule has 5 rings (SSSR count). The summed E-state index contributed by atoms with van der Waals surface area (Å²) in [5.41, 5.74) is 1.46. The van der Waals surface area contributed by atoms with E-state index in [0.717, 1.165) is 15.8 Å². The summed E-state index contributed by atoms with van der Waals surface area (Å²) in [6.45, 7) is 5.73. The molecule has 8 nitrogen and oxygen atoms in total. The van der Waals surface area contributed by atoms with E-state index in [1.165, 1.54) is 0 Å². The highest BCUT2D eigenvalue weighted by atomic mass is 32.2. The Hall–Kier alpha value is -3.46. The zero-order valence-corrected chi connectivity index (χ0v) is 20.9. The van der Waals surface area contributed by atoms with Crippen molar-refractivity contribution in [3.63, 3.8) is 0 Å². The number of aromatic nitrogens is 2. The first kappa shape index (κ1) is 23.3. The molecule has 0 spiro atoms. The molecule has 3 heterocycles. The van der Waals surface area contributed by atoms with E-state index >= 15 is 0 Å². The van der Waals surface area contributed by atoms with E-state index in [9.17, 15) is 9.59 Å². The second-order valence-corrected chi connectivity index (χ2v) is 9.99. The van der Waals surface area contributed by atoms with Crippen LogP contribution in [0, 0.1) is 5.92 Å². The van der Waals surface area contributed by atoms with E-state index in [1.807, 2.05) is 73.5 Å². The van der Waals surface area contributed by atoms with E-state index in [2.05, 4.69) is 10.3 Å². The first-order valence-electron chi connectivity index (χ1n) is 11.7. The lowest BCUT2D eigenvalue weighted by atomic mass is 10.0. The Morgan fingerprint density at radius 3 is 2.57 bits per heavy atom. The van der Waals surface area contributed by atoms with Gasteiger partial charge in [0.2, 0.25) is 0 Å². The molecule has 2 aliphatic heterocycles. The summed E-state index contributed by atoms with van der Waals surface area (Å²) in [5, 5.41) is 4.22. The van der Waals surface area contributed by atoms with Gasteiger partial charge in [-0.15, -0.1) is 11.8 Å². The van der Waals surface area contributed by atoms with Crippen molar-refractivity contribution >= 4 is 46.1 Å². The largest absolute Gasteiger partial charge is 0.357 e. The zero-order chi connectivity index (χ0) is 24.5. The maximum atomic E-state index is 13.4. The van der Waals surface area contributed by atoms with E-state index in [4.69, 9.17) is 9.97 Å². The lowest BCUT2D eigenvalue weighted by molar-refractivity contribution is -0.119. The van der Waals surface area contributed by atoms with Crippen LogP contribution in [0.4, 0.5) is 5.82 Å². The number of amidine groups is 1. The fourth-order valence-electron chi connectivity index (χ4n) is 4.42. The number of fused-ring (bicyclic) bond motifs is 5. The number of aliphatic imine (C=N–C) groups is 1. The number of rotatable bonds is 3. The Bertz CT molecular complexity index is 1310. The predicted octanol–water partition coefficient (Wildman–Crippen LogP) is 3.68. The number of carbonyl (C=O) groups is 2. The monoisotopic (exact) mass is 488 g/mol. The van der Waals surface area contributed by atoms with E-state index in [0.29, 0.717) is 42.7 Å². The molecule has 2 aromatic carbocycles. The van der Waals surface area contributed by atoms with Crippen molar-refractivity contribution in [2.75, 3.05) is 31.2 Å². The van der Waals surface area contributed by atoms with Gasteiger partial charge in [0, 0.05) is 28.9 Å². The number of piperazine rings is 1. The molecule has 0 unspecified atom stereocenters. The quantitative estimate of drug-likeness (QED) is 0.563. The van der Waals surface area contributed by atoms with Crippen LogP contribution in [0.1, 0.15) is 30.0 Å². The number of thioether (sulfide) groups is 1. The average Bonchev–Trinajstić information content (AvgIpc) is 2.87. The molecule has 1 aromatic heterocycles. The van der Waals surface area contributed by atoms with Gasteiger partial charge in [-0.2, -0.15) is 4.99 Å². The molecular formula is C26H28N6O2S. The Kier molecular flexibility index (Phi) is 6.42. The number of carbonyl (C=O) groups excluding carboxylic acids is 2. The maximum Gasteiger partial charge on any atom is 0.270 e. The molecule has 35 heavy (non-hydrogen) atoms. The fraction of sp³-hybridized carbons (Fsp3) is 0.346. The van der Waals surface area contributed by atoms with Crippen molar-refractivity contribution in [3.8, 4) is 0 Å². The highest BCUT2D eigenvalue weighted by Crippen LogP contribution is 2.25. The van der Waals surface area contributed by atoms with Crippen molar-refractivity contribution in [1.29, 1.82) is 0 Å². The lowest BCUT2D eigenvalue weighted by Gasteiger charge is -2.37. The number of hydrogen-bond acceptors (Lipinski definition) is 7. The molecule has 0 aliphatic carbocycles. The van der Waals surface area contributed by atoms with Gasteiger partial charge in [-0.25, -0.2) is 9.97 Å². The Morgan fingerprint density at radius 1 is 1.06 bits per heavy atom. The minimum atomic E-state index is -0.543.